The van der Waals surface area contributed by atoms with Crippen molar-refractivity contribution in [1.82, 2.24) is 5.32 Å². The van der Waals surface area contributed by atoms with Crippen molar-refractivity contribution < 1.29 is 14.3 Å². The molecule has 0 saturated heterocycles. The lowest BCUT2D eigenvalue weighted by Crippen LogP contribution is -2.34. The Bertz CT molecular complexity index is 865. The van der Waals surface area contributed by atoms with Crippen LogP contribution in [0, 0.1) is 12.8 Å². The summed E-state index contributed by atoms with van der Waals surface area (Å²) in [4.78, 5) is 24.1. The van der Waals surface area contributed by atoms with Crippen molar-refractivity contribution in [2.24, 2.45) is 5.92 Å². The summed E-state index contributed by atoms with van der Waals surface area (Å²) in [6, 6.07) is 12.4. The highest BCUT2D eigenvalue weighted by atomic mass is 32.1. The van der Waals surface area contributed by atoms with Crippen LogP contribution in [0.5, 0.6) is 5.75 Å². The first-order valence-corrected chi connectivity index (χ1v) is 8.89. The number of carbonyl (C=O) groups is 2. The fraction of sp³-hybridized carbons (Fsp3) is 0.250. The van der Waals surface area contributed by atoms with Gasteiger partial charge in [0.2, 0.25) is 5.91 Å². The quantitative estimate of drug-likeness (QED) is 0.684. The molecule has 7 heteroatoms. The summed E-state index contributed by atoms with van der Waals surface area (Å²) in [5.74, 6) is -0.0438. The summed E-state index contributed by atoms with van der Waals surface area (Å²) in [5, 5.41) is 8.56. The summed E-state index contributed by atoms with van der Waals surface area (Å²) in [6.07, 6.45) is 0. The minimum absolute atomic E-state index is 0.102. The summed E-state index contributed by atoms with van der Waals surface area (Å²) < 4.78 is 5.33. The van der Waals surface area contributed by atoms with E-state index < -0.39 is 0 Å². The molecule has 0 spiro atoms. The number of hydrogen-bond donors (Lipinski definition) is 3. The van der Waals surface area contributed by atoms with Gasteiger partial charge in [0.15, 0.2) is 5.11 Å². The molecular weight excluding hydrogens is 362 g/mol. The van der Waals surface area contributed by atoms with Crippen LogP contribution >= 0.6 is 12.2 Å². The number of benzene rings is 2. The van der Waals surface area contributed by atoms with Gasteiger partial charge in [-0.1, -0.05) is 31.5 Å². The van der Waals surface area contributed by atoms with Gasteiger partial charge in [-0.25, -0.2) is 0 Å². The van der Waals surface area contributed by atoms with Gasteiger partial charge in [-0.05, 0) is 43.4 Å². The molecule has 0 atom stereocenters. The molecule has 27 heavy (non-hydrogen) atoms. The van der Waals surface area contributed by atoms with Crippen molar-refractivity contribution in [1.29, 1.82) is 0 Å². The maximum atomic E-state index is 12.2. The van der Waals surface area contributed by atoms with Crippen LogP contribution in [-0.2, 0) is 4.79 Å². The average molecular weight is 385 g/mol. The van der Waals surface area contributed by atoms with Crippen molar-refractivity contribution in [2.45, 2.75) is 20.8 Å². The van der Waals surface area contributed by atoms with E-state index in [4.69, 9.17) is 17.0 Å². The van der Waals surface area contributed by atoms with Gasteiger partial charge in [-0.3, -0.25) is 14.9 Å². The fourth-order valence-electron chi connectivity index (χ4n) is 2.27. The van der Waals surface area contributed by atoms with E-state index in [9.17, 15) is 9.59 Å². The van der Waals surface area contributed by atoms with Gasteiger partial charge in [0, 0.05) is 23.2 Å². The molecule has 2 amide bonds. The summed E-state index contributed by atoms with van der Waals surface area (Å²) >= 11 is 5.21. The largest absolute Gasteiger partial charge is 0.494 e. The normalized spacial score (nSPS) is 10.3. The minimum atomic E-state index is -0.288. The van der Waals surface area contributed by atoms with Gasteiger partial charge >= 0.3 is 0 Å². The third-order valence-electron chi connectivity index (χ3n) is 3.75. The summed E-state index contributed by atoms with van der Waals surface area (Å²) in [6.45, 7) is 5.54. The number of nitrogens with one attached hydrogen (secondary N) is 3. The van der Waals surface area contributed by atoms with Crippen LogP contribution in [0.15, 0.2) is 42.5 Å². The third-order valence-corrected chi connectivity index (χ3v) is 3.95. The van der Waals surface area contributed by atoms with E-state index in [0.29, 0.717) is 22.7 Å². The van der Waals surface area contributed by atoms with Gasteiger partial charge in [0.05, 0.1) is 12.8 Å². The highest BCUT2D eigenvalue weighted by Gasteiger charge is 2.12. The highest BCUT2D eigenvalue weighted by Crippen LogP contribution is 2.28. The first-order valence-electron chi connectivity index (χ1n) is 8.48. The van der Waals surface area contributed by atoms with Crippen molar-refractivity contribution in [3.8, 4) is 5.75 Å². The Morgan fingerprint density at radius 1 is 1.07 bits per heavy atom. The lowest BCUT2D eigenvalue weighted by molar-refractivity contribution is -0.118. The topological polar surface area (TPSA) is 79.5 Å². The first-order chi connectivity index (χ1) is 12.8. The van der Waals surface area contributed by atoms with Crippen molar-refractivity contribution in [3.63, 3.8) is 0 Å². The summed E-state index contributed by atoms with van der Waals surface area (Å²) in [5.41, 5.74) is 2.72. The van der Waals surface area contributed by atoms with E-state index in [1.807, 2.05) is 32.9 Å². The van der Waals surface area contributed by atoms with E-state index >= 15 is 0 Å². The molecule has 0 aromatic heterocycles. The molecule has 142 valence electrons. The molecule has 0 radical (unpaired) electrons. The minimum Gasteiger partial charge on any atom is -0.494 e. The van der Waals surface area contributed by atoms with E-state index in [1.165, 1.54) is 7.11 Å². The highest BCUT2D eigenvalue weighted by molar-refractivity contribution is 7.80. The maximum absolute atomic E-state index is 12.2. The second-order valence-electron chi connectivity index (χ2n) is 6.34. The Kier molecular flexibility index (Phi) is 6.90. The lowest BCUT2D eigenvalue weighted by atomic mass is 10.1. The first kappa shape index (κ1) is 20.4. The molecule has 0 aliphatic heterocycles. The molecule has 0 bridgehead atoms. The van der Waals surface area contributed by atoms with Crippen LogP contribution in [0.1, 0.15) is 29.8 Å². The lowest BCUT2D eigenvalue weighted by Gasteiger charge is -2.15. The van der Waals surface area contributed by atoms with Crippen LogP contribution in [0.2, 0.25) is 0 Å². The molecule has 0 unspecified atom stereocenters. The van der Waals surface area contributed by atoms with E-state index in [1.54, 1.807) is 30.3 Å². The van der Waals surface area contributed by atoms with Crippen LogP contribution < -0.4 is 20.7 Å². The van der Waals surface area contributed by atoms with E-state index in [0.717, 1.165) is 5.56 Å². The predicted octanol–water partition coefficient (Wildman–Crippen LogP) is 3.72. The Labute approximate surface area is 164 Å². The van der Waals surface area contributed by atoms with Crippen molar-refractivity contribution in [2.75, 3.05) is 17.7 Å². The number of rotatable bonds is 5. The van der Waals surface area contributed by atoms with Gasteiger partial charge < -0.3 is 15.4 Å². The standard InChI is InChI=1S/C20H23N3O3S/c1-12(2)18(24)22-16-9-8-15(11-17(16)26-4)21-20(27)23-19(25)14-7-5-6-13(3)10-14/h5-12H,1-4H3,(H,22,24)(H2,21,23,25,27). The second-order valence-corrected chi connectivity index (χ2v) is 6.74. The molecule has 2 rings (SSSR count). The van der Waals surface area contributed by atoms with Crippen molar-refractivity contribution >= 4 is 40.5 Å². The maximum Gasteiger partial charge on any atom is 0.257 e. The second kappa shape index (κ2) is 9.14. The molecule has 3 N–H and O–H groups in total. The monoisotopic (exact) mass is 385 g/mol. The molecule has 2 aromatic rings. The van der Waals surface area contributed by atoms with Crippen LogP contribution in [0.25, 0.3) is 0 Å². The molecule has 0 fully saturated rings. The Morgan fingerprint density at radius 3 is 2.44 bits per heavy atom. The summed E-state index contributed by atoms with van der Waals surface area (Å²) in [7, 11) is 1.52. The van der Waals surface area contributed by atoms with E-state index in [-0.39, 0.29) is 22.8 Å². The SMILES string of the molecule is COc1cc(NC(=S)NC(=O)c2cccc(C)c2)ccc1NC(=O)C(C)C. The van der Waals surface area contributed by atoms with Gasteiger partial charge in [-0.15, -0.1) is 0 Å². The number of hydrogen-bond acceptors (Lipinski definition) is 4. The molecule has 0 aliphatic rings. The number of amides is 2. The predicted molar refractivity (Wildman–Crippen MR) is 111 cm³/mol. The Balaban J connectivity index is 2.05. The number of methoxy groups -OCH3 is 1. The zero-order valence-electron chi connectivity index (χ0n) is 15.8. The molecular formula is C20H23N3O3S. The van der Waals surface area contributed by atoms with Gasteiger partial charge in [-0.2, -0.15) is 0 Å². The van der Waals surface area contributed by atoms with Gasteiger partial charge in [0.25, 0.3) is 5.91 Å². The number of ether oxygens (including phenoxy) is 1. The molecule has 6 nitrogen and oxygen atoms in total. The van der Waals surface area contributed by atoms with Crippen molar-refractivity contribution in [3.05, 3.63) is 53.6 Å². The average Bonchev–Trinajstić information content (AvgIpc) is 2.62. The number of carbonyl (C=O) groups excluding carboxylic acids is 2. The molecule has 2 aromatic carbocycles. The molecule has 0 heterocycles. The fourth-order valence-corrected chi connectivity index (χ4v) is 2.48. The number of aryl methyl sites for hydroxylation is 1. The Morgan fingerprint density at radius 2 is 1.81 bits per heavy atom. The smallest absolute Gasteiger partial charge is 0.257 e. The van der Waals surface area contributed by atoms with E-state index in [2.05, 4.69) is 16.0 Å². The van der Waals surface area contributed by atoms with Crippen LogP contribution in [0.4, 0.5) is 11.4 Å². The van der Waals surface area contributed by atoms with Crippen LogP contribution in [-0.4, -0.2) is 24.0 Å². The van der Waals surface area contributed by atoms with Crippen LogP contribution in [0.3, 0.4) is 0 Å². The third kappa shape index (κ3) is 5.79. The number of anilines is 2. The molecule has 0 aliphatic carbocycles. The zero-order valence-corrected chi connectivity index (χ0v) is 16.6. The van der Waals surface area contributed by atoms with Gasteiger partial charge in [0.1, 0.15) is 5.75 Å². The molecule has 0 saturated carbocycles. The zero-order chi connectivity index (χ0) is 20.0. The number of thiocarbonyl (C=S) groups is 1. The Hall–Kier alpha value is -2.93.